The van der Waals surface area contributed by atoms with Crippen molar-refractivity contribution in [1.29, 1.82) is 0 Å². The number of amides is 1. The monoisotopic (exact) mass is 396 g/mol. The summed E-state index contributed by atoms with van der Waals surface area (Å²) in [5.74, 6) is -0.430. The van der Waals surface area contributed by atoms with E-state index in [2.05, 4.69) is 20.5 Å². The van der Waals surface area contributed by atoms with Crippen LogP contribution in [0.5, 0.6) is 0 Å². The van der Waals surface area contributed by atoms with Crippen LogP contribution in [0.2, 0.25) is 5.02 Å². The summed E-state index contributed by atoms with van der Waals surface area (Å²) < 4.78 is 0. The first-order valence-corrected chi connectivity index (χ1v) is 9.28. The van der Waals surface area contributed by atoms with Crippen molar-refractivity contribution in [3.05, 3.63) is 86.2 Å². The summed E-state index contributed by atoms with van der Waals surface area (Å²) in [5.41, 5.74) is 0.806. The third-order valence-corrected chi connectivity index (χ3v) is 5.29. The number of aromatic amines is 1. The van der Waals surface area contributed by atoms with Crippen molar-refractivity contribution in [1.82, 2.24) is 15.2 Å². The number of anilines is 1. The van der Waals surface area contributed by atoms with E-state index in [4.69, 9.17) is 11.6 Å². The smallest absolute Gasteiger partial charge is 0.278 e. The zero-order valence-electron chi connectivity index (χ0n) is 13.9. The van der Waals surface area contributed by atoms with E-state index in [0.717, 1.165) is 10.4 Å². The Morgan fingerprint density at radius 1 is 1.11 bits per heavy atom. The minimum absolute atomic E-state index is 0.146. The number of hydrogen-bond donors (Lipinski definition) is 2. The van der Waals surface area contributed by atoms with Crippen molar-refractivity contribution < 1.29 is 4.79 Å². The number of thiazole rings is 1. The molecule has 0 radical (unpaired) electrons. The number of halogens is 1. The topological polar surface area (TPSA) is 87.7 Å². The third kappa shape index (κ3) is 3.60. The predicted octanol–water partition coefficient (Wildman–Crippen LogP) is 3.88. The molecule has 0 aliphatic carbocycles. The standard InChI is InChI=1S/C19H13ClN4O2S/c20-15-8-4-1-5-11(15)9-12-10-21-19(27-12)22-18(26)16-13-6-2-3-7-14(13)17(25)24-23-16/h1-8,10H,9H2,(H,24,25)(H,21,22,26). The van der Waals surface area contributed by atoms with Crippen molar-refractivity contribution in [2.75, 3.05) is 5.32 Å². The van der Waals surface area contributed by atoms with Crippen LogP contribution in [-0.2, 0) is 6.42 Å². The molecule has 0 bridgehead atoms. The van der Waals surface area contributed by atoms with Crippen LogP contribution in [0.3, 0.4) is 0 Å². The Bertz CT molecular complexity index is 1200. The second kappa shape index (κ2) is 7.30. The van der Waals surface area contributed by atoms with Gasteiger partial charge in [0.25, 0.3) is 11.5 Å². The normalized spacial score (nSPS) is 10.9. The van der Waals surface area contributed by atoms with Crippen molar-refractivity contribution in [3.8, 4) is 0 Å². The van der Waals surface area contributed by atoms with Crippen LogP contribution in [0.25, 0.3) is 10.8 Å². The number of rotatable bonds is 4. The maximum absolute atomic E-state index is 12.6. The Morgan fingerprint density at radius 3 is 2.67 bits per heavy atom. The number of nitrogens with zero attached hydrogens (tertiary/aromatic N) is 2. The number of fused-ring (bicyclic) bond motifs is 1. The quantitative estimate of drug-likeness (QED) is 0.548. The highest BCUT2D eigenvalue weighted by Gasteiger charge is 2.16. The molecule has 134 valence electrons. The maximum atomic E-state index is 12.6. The van der Waals surface area contributed by atoms with E-state index in [1.165, 1.54) is 11.3 Å². The summed E-state index contributed by atoms with van der Waals surface area (Å²) >= 11 is 7.56. The van der Waals surface area contributed by atoms with E-state index in [1.807, 2.05) is 24.3 Å². The van der Waals surface area contributed by atoms with E-state index in [-0.39, 0.29) is 11.3 Å². The van der Waals surface area contributed by atoms with Crippen LogP contribution >= 0.6 is 22.9 Å². The van der Waals surface area contributed by atoms with Crippen LogP contribution in [-0.4, -0.2) is 21.1 Å². The molecule has 0 atom stereocenters. The van der Waals surface area contributed by atoms with Gasteiger partial charge in [0, 0.05) is 27.9 Å². The molecule has 0 saturated heterocycles. The third-order valence-electron chi connectivity index (χ3n) is 4.01. The van der Waals surface area contributed by atoms with Gasteiger partial charge in [-0.15, -0.1) is 11.3 Å². The van der Waals surface area contributed by atoms with Gasteiger partial charge >= 0.3 is 0 Å². The average Bonchev–Trinajstić information content (AvgIpc) is 3.11. The molecule has 2 N–H and O–H groups in total. The van der Waals surface area contributed by atoms with E-state index in [0.29, 0.717) is 27.3 Å². The van der Waals surface area contributed by atoms with Gasteiger partial charge in [0.05, 0.1) is 5.39 Å². The first-order valence-electron chi connectivity index (χ1n) is 8.08. The van der Waals surface area contributed by atoms with E-state index in [9.17, 15) is 9.59 Å². The Morgan fingerprint density at radius 2 is 1.85 bits per heavy atom. The lowest BCUT2D eigenvalue weighted by molar-refractivity contribution is 0.102. The Kier molecular flexibility index (Phi) is 4.70. The molecule has 0 spiro atoms. The summed E-state index contributed by atoms with van der Waals surface area (Å²) in [6.45, 7) is 0. The molecular weight excluding hydrogens is 384 g/mol. The Hall–Kier alpha value is -3.03. The van der Waals surface area contributed by atoms with Gasteiger partial charge in [-0.2, -0.15) is 5.10 Å². The van der Waals surface area contributed by atoms with Gasteiger partial charge in [-0.1, -0.05) is 48.0 Å². The second-order valence-electron chi connectivity index (χ2n) is 5.80. The van der Waals surface area contributed by atoms with E-state index >= 15 is 0 Å². The van der Waals surface area contributed by atoms with E-state index < -0.39 is 5.91 Å². The molecule has 0 aliphatic heterocycles. The SMILES string of the molecule is O=C(Nc1ncc(Cc2ccccc2Cl)s1)c1n[nH]c(=O)c2ccccc12. The number of carbonyl (C=O) groups excluding carboxylic acids is 1. The van der Waals surface area contributed by atoms with Gasteiger partial charge < -0.3 is 0 Å². The zero-order chi connectivity index (χ0) is 18.8. The van der Waals surface area contributed by atoms with Crippen molar-refractivity contribution in [2.24, 2.45) is 0 Å². The highest BCUT2D eigenvalue weighted by atomic mass is 35.5. The summed E-state index contributed by atoms with van der Waals surface area (Å²) in [7, 11) is 0. The fourth-order valence-electron chi connectivity index (χ4n) is 2.72. The zero-order valence-corrected chi connectivity index (χ0v) is 15.5. The van der Waals surface area contributed by atoms with Gasteiger partial charge in [0.15, 0.2) is 10.8 Å². The Labute approximate surface area is 162 Å². The van der Waals surface area contributed by atoms with E-state index in [1.54, 1.807) is 30.5 Å². The fourth-order valence-corrected chi connectivity index (χ4v) is 3.75. The van der Waals surface area contributed by atoms with Crippen LogP contribution < -0.4 is 10.9 Å². The molecule has 0 aliphatic rings. The lowest BCUT2D eigenvalue weighted by atomic mass is 10.1. The van der Waals surface area contributed by atoms with Gasteiger partial charge in [0.1, 0.15) is 0 Å². The summed E-state index contributed by atoms with van der Waals surface area (Å²) in [4.78, 5) is 29.7. The molecule has 4 aromatic rings. The summed E-state index contributed by atoms with van der Waals surface area (Å²) in [6.07, 6.45) is 2.34. The number of benzene rings is 2. The van der Waals surface area contributed by atoms with Gasteiger partial charge in [0.2, 0.25) is 0 Å². The molecule has 1 amide bonds. The lowest BCUT2D eigenvalue weighted by Gasteiger charge is -2.04. The van der Waals surface area contributed by atoms with Gasteiger partial charge in [-0.3, -0.25) is 14.9 Å². The predicted molar refractivity (Wildman–Crippen MR) is 107 cm³/mol. The number of nitrogens with one attached hydrogen (secondary N) is 2. The maximum Gasteiger partial charge on any atom is 0.278 e. The molecule has 27 heavy (non-hydrogen) atoms. The first-order chi connectivity index (χ1) is 13.1. The highest BCUT2D eigenvalue weighted by molar-refractivity contribution is 7.15. The molecule has 8 heteroatoms. The first kappa shape index (κ1) is 17.4. The average molecular weight is 397 g/mol. The summed E-state index contributed by atoms with van der Waals surface area (Å²) in [6, 6.07) is 14.4. The van der Waals surface area contributed by atoms with Gasteiger partial charge in [-0.05, 0) is 17.7 Å². The van der Waals surface area contributed by atoms with Crippen LogP contribution in [0, 0.1) is 0 Å². The fraction of sp³-hybridized carbons (Fsp3) is 0.0526. The summed E-state index contributed by atoms with van der Waals surface area (Å²) in [5, 5.41) is 11.1. The second-order valence-corrected chi connectivity index (χ2v) is 7.32. The molecule has 2 aromatic heterocycles. The lowest BCUT2D eigenvalue weighted by Crippen LogP contribution is -2.19. The van der Waals surface area contributed by atoms with Crippen molar-refractivity contribution in [2.45, 2.75) is 6.42 Å². The number of aromatic nitrogens is 3. The number of carbonyl (C=O) groups is 1. The molecule has 0 unspecified atom stereocenters. The van der Waals surface area contributed by atoms with Crippen LogP contribution in [0.4, 0.5) is 5.13 Å². The van der Waals surface area contributed by atoms with Crippen molar-refractivity contribution in [3.63, 3.8) is 0 Å². The largest absolute Gasteiger partial charge is 0.296 e. The molecule has 2 aromatic carbocycles. The number of H-pyrrole nitrogens is 1. The molecule has 0 saturated carbocycles. The van der Waals surface area contributed by atoms with Crippen LogP contribution in [0.15, 0.2) is 59.5 Å². The Balaban J connectivity index is 1.56. The molecule has 4 rings (SSSR count). The minimum atomic E-state index is -0.430. The molecule has 2 heterocycles. The highest BCUT2D eigenvalue weighted by Crippen LogP contribution is 2.25. The number of hydrogen-bond acceptors (Lipinski definition) is 5. The minimum Gasteiger partial charge on any atom is -0.296 e. The molecule has 6 nitrogen and oxygen atoms in total. The van der Waals surface area contributed by atoms with Gasteiger partial charge in [-0.25, -0.2) is 10.1 Å². The molecular formula is C19H13ClN4O2S. The molecule has 0 fully saturated rings. The van der Waals surface area contributed by atoms with Crippen LogP contribution in [0.1, 0.15) is 20.9 Å². The van der Waals surface area contributed by atoms with Crippen molar-refractivity contribution >= 4 is 44.7 Å².